The molecule has 0 saturated heterocycles. The van der Waals surface area contributed by atoms with Gasteiger partial charge in [0.2, 0.25) is 5.95 Å². The number of anilines is 3. The molecule has 0 amide bonds. The molecular weight excluding hydrogens is 254 g/mol. The van der Waals surface area contributed by atoms with Gasteiger partial charge in [-0.25, -0.2) is 0 Å². The quantitative estimate of drug-likeness (QED) is 0.657. The first-order valence-corrected chi connectivity index (χ1v) is 7.35. The van der Waals surface area contributed by atoms with Crippen LogP contribution in [-0.2, 0) is 0 Å². The van der Waals surface area contributed by atoms with Gasteiger partial charge in [0.25, 0.3) is 0 Å². The summed E-state index contributed by atoms with van der Waals surface area (Å²) in [5.41, 5.74) is 5.05. The van der Waals surface area contributed by atoms with Gasteiger partial charge in [0.05, 0.1) is 5.60 Å². The maximum absolute atomic E-state index is 10.5. The van der Waals surface area contributed by atoms with Crippen LogP contribution in [0, 0.1) is 5.92 Å². The standard InChI is InChI=1S/C14H25N5O/c1-3-16-11-8-12(19-13(15)18-11)17-9-14(20)6-4-10(2)5-7-14/h8,10,20H,3-7,9H2,1-2H3,(H4,15,16,17,18,19). The Labute approximate surface area is 120 Å². The van der Waals surface area contributed by atoms with Gasteiger partial charge in [-0.3, -0.25) is 0 Å². The van der Waals surface area contributed by atoms with Gasteiger partial charge in [-0.2, -0.15) is 9.97 Å². The fourth-order valence-electron chi connectivity index (χ4n) is 2.56. The van der Waals surface area contributed by atoms with Crippen molar-refractivity contribution < 1.29 is 5.11 Å². The summed E-state index contributed by atoms with van der Waals surface area (Å²) >= 11 is 0. The van der Waals surface area contributed by atoms with Gasteiger partial charge >= 0.3 is 0 Å². The molecule has 0 radical (unpaired) electrons. The molecule has 5 N–H and O–H groups in total. The molecular formula is C14H25N5O. The van der Waals surface area contributed by atoms with Crippen LogP contribution in [0.25, 0.3) is 0 Å². The summed E-state index contributed by atoms with van der Waals surface area (Å²) in [6.45, 7) is 5.51. The van der Waals surface area contributed by atoms with Crippen LogP contribution in [0.3, 0.4) is 0 Å². The summed E-state index contributed by atoms with van der Waals surface area (Å²) in [5.74, 6) is 2.30. The van der Waals surface area contributed by atoms with Crippen molar-refractivity contribution in [2.75, 3.05) is 29.5 Å². The first-order chi connectivity index (χ1) is 9.50. The van der Waals surface area contributed by atoms with Crippen LogP contribution in [0.15, 0.2) is 6.07 Å². The molecule has 20 heavy (non-hydrogen) atoms. The number of nitrogens with one attached hydrogen (secondary N) is 2. The van der Waals surface area contributed by atoms with Gasteiger partial charge in [0.1, 0.15) is 11.6 Å². The van der Waals surface area contributed by atoms with Crippen LogP contribution in [0.4, 0.5) is 17.6 Å². The van der Waals surface area contributed by atoms with Crippen LogP contribution < -0.4 is 16.4 Å². The normalized spacial score (nSPS) is 26.2. The molecule has 0 aliphatic heterocycles. The molecule has 2 rings (SSSR count). The average Bonchev–Trinajstić information content (AvgIpc) is 2.40. The lowest BCUT2D eigenvalue weighted by Gasteiger charge is -2.35. The Balaban J connectivity index is 1.96. The van der Waals surface area contributed by atoms with E-state index in [9.17, 15) is 5.11 Å². The maximum atomic E-state index is 10.5. The van der Waals surface area contributed by atoms with E-state index >= 15 is 0 Å². The lowest BCUT2D eigenvalue weighted by atomic mass is 9.79. The van der Waals surface area contributed by atoms with E-state index < -0.39 is 5.60 Å². The van der Waals surface area contributed by atoms with Gasteiger partial charge in [0.15, 0.2) is 0 Å². The first-order valence-electron chi connectivity index (χ1n) is 7.35. The van der Waals surface area contributed by atoms with Crippen molar-refractivity contribution in [1.29, 1.82) is 0 Å². The Morgan fingerprint density at radius 2 is 1.90 bits per heavy atom. The van der Waals surface area contributed by atoms with E-state index in [2.05, 4.69) is 27.5 Å². The molecule has 1 fully saturated rings. The number of nitrogen functional groups attached to an aromatic ring is 1. The number of nitrogens with zero attached hydrogens (tertiary/aromatic N) is 2. The van der Waals surface area contributed by atoms with Gasteiger partial charge in [-0.05, 0) is 38.5 Å². The van der Waals surface area contributed by atoms with Crippen molar-refractivity contribution in [1.82, 2.24) is 9.97 Å². The molecule has 1 aromatic heterocycles. The van der Waals surface area contributed by atoms with Crippen molar-refractivity contribution in [3.8, 4) is 0 Å². The highest BCUT2D eigenvalue weighted by Crippen LogP contribution is 2.31. The molecule has 6 nitrogen and oxygen atoms in total. The molecule has 1 aromatic rings. The van der Waals surface area contributed by atoms with E-state index in [0.29, 0.717) is 24.1 Å². The summed E-state index contributed by atoms with van der Waals surface area (Å²) in [4.78, 5) is 8.25. The first kappa shape index (κ1) is 14.8. The number of aliphatic hydroxyl groups is 1. The van der Waals surface area contributed by atoms with Crippen LogP contribution in [0.5, 0.6) is 0 Å². The third kappa shape index (κ3) is 3.96. The van der Waals surface area contributed by atoms with Crippen LogP contribution in [-0.4, -0.2) is 33.8 Å². The zero-order chi connectivity index (χ0) is 14.6. The van der Waals surface area contributed by atoms with Crippen LogP contribution >= 0.6 is 0 Å². The minimum absolute atomic E-state index is 0.232. The number of hydrogen-bond acceptors (Lipinski definition) is 6. The fraction of sp³-hybridized carbons (Fsp3) is 0.714. The van der Waals surface area contributed by atoms with Gasteiger partial charge in [0, 0.05) is 19.2 Å². The molecule has 0 spiro atoms. The molecule has 6 heteroatoms. The van der Waals surface area contributed by atoms with Gasteiger partial charge in [-0.1, -0.05) is 6.92 Å². The molecule has 0 bridgehead atoms. The predicted octanol–water partition coefficient (Wildman–Crippen LogP) is 1.84. The molecule has 0 atom stereocenters. The molecule has 1 aliphatic rings. The Hall–Kier alpha value is -1.56. The van der Waals surface area contributed by atoms with Crippen molar-refractivity contribution in [2.24, 2.45) is 5.92 Å². The number of hydrogen-bond donors (Lipinski definition) is 4. The fourth-order valence-corrected chi connectivity index (χ4v) is 2.56. The second-order valence-corrected chi connectivity index (χ2v) is 5.79. The monoisotopic (exact) mass is 279 g/mol. The molecule has 112 valence electrons. The van der Waals surface area contributed by atoms with E-state index in [1.54, 1.807) is 0 Å². The van der Waals surface area contributed by atoms with Crippen molar-refractivity contribution in [3.63, 3.8) is 0 Å². The number of rotatable bonds is 5. The smallest absolute Gasteiger partial charge is 0.223 e. The van der Waals surface area contributed by atoms with Crippen LogP contribution in [0.2, 0.25) is 0 Å². The van der Waals surface area contributed by atoms with Gasteiger partial charge in [-0.15, -0.1) is 0 Å². The Bertz CT molecular complexity index is 443. The number of nitrogens with two attached hydrogens (primary N) is 1. The van der Waals surface area contributed by atoms with E-state index in [0.717, 1.165) is 32.2 Å². The molecule has 1 aliphatic carbocycles. The second kappa shape index (κ2) is 6.26. The molecule has 0 unspecified atom stereocenters. The topological polar surface area (TPSA) is 96.1 Å². The zero-order valence-electron chi connectivity index (χ0n) is 12.3. The third-order valence-electron chi connectivity index (χ3n) is 3.90. The van der Waals surface area contributed by atoms with E-state index in [4.69, 9.17) is 5.73 Å². The SMILES string of the molecule is CCNc1cc(NCC2(O)CCC(C)CC2)nc(N)n1. The van der Waals surface area contributed by atoms with E-state index in [-0.39, 0.29) is 5.95 Å². The second-order valence-electron chi connectivity index (χ2n) is 5.79. The minimum Gasteiger partial charge on any atom is -0.388 e. The van der Waals surface area contributed by atoms with E-state index in [1.807, 2.05) is 13.0 Å². The summed E-state index contributed by atoms with van der Waals surface area (Å²) in [6, 6.07) is 1.81. The molecule has 0 aromatic carbocycles. The highest BCUT2D eigenvalue weighted by atomic mass is 16.3. The van der Waals surface area contributed by atoms with Crippen molar-refractivity contribution in [3.05, 3.63) is 6.07 Å². The lowest BCUT2D eigenvalue weighted by Crippen LogP contribution is -2.40. The number of aromatic nitrogens is 2. The Morgan fingerprint density at radius 3 is 2.50 bits per heavy atom. The van der Waals surface area contributed by atoms with Crippen molar-refractivity contribution in [2.45, 2.75) is 45.1 Å². The lowest BCUT2D eigenvalue weighted by molar-refractivity contribution is 0.00495. The molecule has 1 heterocycles. The van der Waals surface area contributed by atoms with E-state index in [1.165, 1.54) is 0 Å². The Kier molecular flexibility index (Phi) is 4.65. The zero-order valence-corrected chi connectivity index (χ0v) is 12.3. The summed E-state index contributed by atoms with van der Waals surface area (Å²) < 4.78 is 0. The maximum Gasteiger partial charge on any atom is 0.223 e. The molecule has 1 saturated carbocycles. The minimum atomic E-state index is -0.634. The third-order valence-corrected chi connectivity index (χ3v) is 3.90. The summed E-state index contributed by atoms with van der Waals surface area (Å²) in [7, 11) is 0. The Morgan fingerprint density at radius 1 is 1.30 bits per heavy atom. The summed E-state index contributed by atoms with van der Waals surface area (Å²) in [5, 5.41) is 16.8. The van der Waals surface area contributed by atoms with Crippen molar-refractivity contribution >= 4 is 17.6 Å². The highest BCUT2D eigenvalue weighted by molar-refractivity contribution is 5.51. The van der Waals surface area contributed by atoms with Gasteiger partial charge < -0.3 is 21.5 Å². The summed E-state index contributed by atoms with van der Waals surface area (Å²) in [6.07, 6.45) is 3.82. The largest absolute Gasteiger partial charge is 0.388 e. The highest BCUT2D eigenvalue weighted by Gasteiger charge is 2.31. The average molecular weight is 279 g/mol. The predicted molar refractivity (Wildman–Crippen MR) is 81.7 cm³/mol. The van der Waals surface area contributed by atoms with Crippen LogP contribution in [0.1, 0.15) is 39.5 Å².